The molecular formula is C16H19BrN2O4S. The summed E-state index contributed by atoms with van der Waals surface area (Å²) in [5, 5.41) is 3.38. The molecule has 2 aromatic rings. The van der Waals surface area contributed by atoms with Crippen LogP contribution in [0.5, 0.6) is 5.75 Å². The number of methoxy groups -OCH3 is 1. The van der Waals surface area contributed by atoms with Gasteiger partial charge in [-0.1, -0.05) is 27.3 Å². The molecule has 8 heteroatoms. The maximum Gasteiger partial charge on any atom is 0.228 e. The van der Waals surface area contributed by atoms with E-state index in [4.69, 9.17) is 14.2 Å². The van der Waals surface area contributed by atoms with Crippen LogP contribution in [0.2, 0.25) is 0 Å². The minimum Gasteiger partial charge on any atom is -0.494 e. The zero-order valence-electron chi connectivity index (χ0n) is 13.3. The molecule has 6 nitrogen and oxygen atoms in total. The van der Waals surface area contributed by atoms with Gasteiger partial charge in [-0.15, -0.1) is 0 Å². The minimum atomic E-state index is -0.112. The Balaban J connectivity index is 1.51. The Kier molecular flexibility index (Phi) is 6.04. The third kappa shape index (κ3) is 4.44. The van der Waals surface area contributed by atoms with Crippen molar-refractivity contribution in [2.75, 3.05) is 32.2 Å². The molecule has 1 N–H and O–H groups in total. The van der Waals surface area contributed by atoms with Crippen molar-refractivity contribution in [3.8, 4) is 5.75 Å². The molecule has 1 aromatic carbocycles. The standard InChI is InChI=1S/C16H19BrN2O4S/c1-21-12-7-10(17)8-13-15(12)19-16(24-13)18-14(20)4-6-22-9-11-3-2-5-23-11/h7-8,11H,2-6,9H2,1H3,(H,18,19,20). The van der Waals surface area contributed by atoms with E-state index in [9.17, 15) is 4.79 Å². The summed E-state index contributed by atoms with van der Waals surface area (Å²) in [6.07, 6.45) is 2.60. The van der Waals surface area contributed by atoms with Gasteiger partial charge in [0.15, 0.2) is 5.13 Å². The van der Waals surface area contributed by atoms with Crippen LogP contribution in [0.3, 0.4) is 0 Å². The predicted molar refractivity (Wildman–Crippen MR) is 96.9 cm³/mol. The van der Waals surface area contributed by atoms with Crippen LogP contribution in [-0.2, 0) is 14.3 Å². The molecule has 1 aliphatic heterocycles. The number of benzene rings is 1. The number of hydrogen-bond acceptors (Lipinski definition) is 6. The predicted octanol–water partition coefficient (Wildman–Crippen LogP) is 3.59. The van der Waals surface area contributed by atoms with E-state index in [0.29, 0.717) is 30.5 Å². The summed E-state index contributed by atoms with van der Waals surface area (Å²) in [6, 6.07) is 3.81. The molecule has 1 saturated heterocycles. The molecule has 1 amide bonds. The number of fused-ring (bicyclic) bond motifs is 1. The van der Waals surface area contributed by atoms with Crippen molar-refractivity contribution < 1.29 is 19.0 Å². The minimum absolute atomic E-state index is 0.112. The maximum atomic E-state index is 12.0. The van der Waals surface area contributed by atoms with Crippen LogP contribution in [-0.4, -0.2) is 43.9 Å². The topological polar surface area (TPSA) is 69.7 Å². The van der Waals surface area contributed by atoms with Gasteiger partial charge in [0.05, 0.1) is 37.5 Å². The van der Waals surface area contributed by atoms with Gasteiger partial charge in [0.25, 0.3) is 0 Å². The first kappa shape index (κ1) is 17.6. The van der Waals surface area contributed by atoms with Gasteiger partial charge >= 0.3 is 0 Å². The van der Waals surface area contributed by atoms with Crippen LogP contribution in [0.4, 0.5) is 5.13 Å². The SMILES string of the molecule is COc1cc(Br)cc2sc(NC(=O)CCOCC3CCCO3)nc12. The average Bonchev–Trinajstić information content (AvgIpc) is 3.19. The highest BCUT2D eigenvalue weighted by Crippen LogP contribution is 2.35. The van der Waals surface area contributed by atoms with Gasteiger partial charge in [0, 0.05) is 11.1 Å². The Hall–Kier alpha value is -1.22. The number of nitrogens with one attached hydrogen (secondary N) is 1. The number of carbonyl (C=O) groups is 1. The second kappa shape index (κ2) is 8.24. The average molecular weight is 415 g/mol. The number of amides is 1. The van der Waals surface area contributed by atoms with Gasteiger partial charge in [-0.05, 0) is 25.0 Å². The Morgan fingerprint density at radius 2 is 2.42 bits per heavy atom. The molecule has 1 unspecified atom stereocenters. The molecule has 0 radical (unpaired) electrons. The molecule has 0 spiro atoms. The fourth-order valence-corrected chi connectivity index (χ4v) is 4.04. The van der Waals surface area contributed by atoms with E-state index in [1.807, 2.05) is 12.1 Å². The second-order valence-electron chi connectivity index (χ2n) is 5.48. The lowest BCUT2D eigenvalue weighted by Crippen LogP contribution is -2.18. The number of carbonyl (C=O) groups excluding carboxylic acids is 1. The zero-order valence-corrected chi connectivity index (χ0v) is 15.7. The quantitative estimate of drug-likeness (QED) is 0.700. The second-order valence-corrected chi connectivity index (χ2v) is 7.43. The van der Waals surface area contributed by atoms with E-state index < -0.39 is 0 Å². The number of halogens is 1. The highest BCUT2D eigenvalue weighted by molar-refractivity contribution is 9.10. The number of nitrogens with zero attached hydrogens (tertiary/aromatic N) is 1. The number of rotatable bonds is 7. The molecule has 130 valence electrons. The summed E-state index contributed by atoms with van der Waals surface area (Å²) in [6.45, 7) is 1.75. The molecule has 0 saturated carbocycles. The van der Waals surface area contributed by atoms with Crippen LogP contribution >= 0.6 is 27.3 Å². The monoisotopic (exact) mass is 414 g/mol. The molecule has 1 atom stereocenters. The van der Waals surface area contributed by atoms with Crippen molar-refractivity contribution in [3.05, 3.63) is 16.6 Å². The van der Waals surface area contributed by atoms with Gasteiger partial charge in [0.2, 0.25) is 5.91 Å². The number of aromatic nitrogens is 1. The Morgan fingerprint density at radius 3 is 3.17 bits per heavy atom. The van der Waals surface area contributed by atoms with Crippen molar-refractivity contribution in [2.24, 2.45) is 0 Å². The Labute approximate surface area is 152 Å². The van der Waals surface area contributed by atoms with Crippen LogP contribution in [0, 0.1) is 0 Å². The fraction of sp³-hybridized carbons (Fsp3) is 0.500. The normalized spacial score (nSPS) is 17.3. The first-order valence-corrected chi connectivity index (χ1v) is 9.40. The molecular weight excluding hydrogens is 396 g/mol. The number of thiazole rings is 1. The number of ether oxygens (including phenoxy) is 3. The highest BCUT2D eigenvalue weighted by Gasteiger charge is 2.16. The largest absolute Gasteiger partial charge is 0.494 e. The molecule has 24 heavy (non-hydrogen) atoms. The molecule has 2 heterocycles. The molecule has 1 aromatic heterocycles. The van der Waals surface area contributed by atoms with E-state index in [1.165, 1.54) is 11.3 Å². The van der Waals surface area contributed by atoms with Gasteiger partial charge in [-0.3, -0.25) is 4.79 Å². The van der Waals surface area contributed by atoms with Gasteiger partial charge in [0.1, 0.15) is 11.3 Å². The Morgan fingerprint density at radius 1 is 1.54 bits per heavy atom. The molecule has 1 fully saturated rings. The van der Waals surface area contributed by atoms with Crippen LogP contribution in [0.25, 0.3) is 10.2 Å². The van der Waals surface area contributed by atoms with Crippen LogP contribution in [0.15, 0.2) is 16.6 Å². The van der Waals surface area contributed by atoms with Crippen LogP contribution < -0.4 is 10.1 Å². The van der Waals surface area contributed by atoms with Crippen molar-refractivity contribution >= 4 is 48.5 Å². The summed E-state index contributed by atoms with van der Waals surface area (Å²) < 4.78 is 18.2. The van der Waals surface area contributed by atoms with E-state index in [2.05, 4.69) is 26.2 Å². The van der Waals surface area contributed by atoms with E-state index >= 15 is 0 Å². The first-order valence-electron chi connectivity index (χ1n) is 7.79. The lowest BCUT2D eigenvalue weighted by Gasteiger charge is -2.09. The van der Waals surface area contributed by atoms with Crippen LogP contribution in [0.1, 0.15) is 19.3 Å². The smallest absolute Gasteiger partial charge is 0.228 e. The van der Waals surface area contributed by atoms with Gasteiger partial charge in [-0.2, -0.15) is 0 Å². The van der Waals surface area contributed by atoms with Crippen molar-refractivity contribution in [3.63, 3.8) is 0 Å². The summed E-state index contributed by atoms with van der Waals surface area (Å²) in [5.41, 5.74) is 0.746. The van der Waals surface area contributed by atoms with E-state index in [1.54, 1.807) is 7.11 Å². The molecule has 3 rings (SSSR count). The fourth-order valence-electron chi connectivity index (χ4n) is 2.51. The van der Waals surface area contributed by atoms with Gasteiger partial charge < -0.3 is 19.5 Å². The number of anilines is 1. The summed E-state index contributed by atoms with van der Waals surface area (Å²) in [5.74, 6) is 0.565. The van der Waals surface area contributed by atoms with Crippen molar-refractivity contribution in [2.45, 2.75) is 25.4 Å². The van der Waals surface area contributed by atoms with Gasteiger partial charge in [-0.25, -0.2) is 4.98 Å². The van der Waals surface area contributed by atoms with Crippen molar-refractivity contribution in [1.29, 1.82) is 0 Å². The summed E-state index contributed by atoms with van der Waals surface area (Å²) >= 11 is 4.85. The summed E-state index contributed by atoms with van der Waals surface area (Å²) in [7, 11) is 1.60. The molecule has 0 aliphatic carbocycles. The summed E-state index contributed by atoms with van der Waals surface area (Å²) in [4.78, 5) is 16.4. The van der Waals surface area contributed by atoms with Crippen molar-refractivity contribution in [1.82, 2.24) is 4.98 Å². The third-order valence-corrected chi connectivity index (χ3v) is 5.07. The van der Waals surface area contributed by atoms with E-state index in [-0.39, 0.29) is 12.0 Å². The molecule has 1 aliphatic rings. The molecule has 0 bridgehead atoms. The lowest BCUT2D eigenvalue weighted by atomic mass is 10.2. The lowest BCUT2D eigenvalue weighted by molar-refractivity contribution is -0.117. The number of hydrogen-bond donors (Lipinski definition) is 1. The Bertz CT molecular complexity index is 715. The maximum absolute atomic E-state index is 12.0. The first-order chi connectivity index (χ1) is 11.7. The third-order valence-electron chi connectivity index (χ3n) is 3.69. The zero-order chi connectivity index (χ0) is 16.9. The van der Waals surface area contributed by atoms with E-state index in [0.717, 1.165) is 34.1 Å². The highest BCUT2D eigenvalue weighted by atomic mass is 79.9.